The molecule has 0 unspecified atom stereocenters. The Morgan fingerprint density at radius 3 is 2.14 bits per heavy atom. The van der Waals surface area contributed by atoms with Crippen molar-refractivity contribution in [2.45, 2.75) is 6.92 Å². The molecular weight excluding hydrogens is 260 g/mol. The topological polar surface area (TPSA) is 40.5 Å². The van der Waals surface area contributed by atoms with Crippen molar-refractivity contribution in [3.8, 4) is 33.8 Å². The molecule has 3 aromatic carbocycles. The van der Waals surface area contributed by atoms with E-state index in [1.807, 2.05) is 37.3 Å². The minimum absolute atomic E-state index is 0.148. The van der Waals surface area contributed by atoms with Crippen molar-refractivity contribution in [3.63, 3.8) is 0 Å². The van der Waals surface area contributed by atoms with Gasteiger partial charge in [-0.15, -0.1) is 0 Å². The lowest BCUT2D eigenvalue weighted by Gasteiger charge is -2.11. The molecule has 0 aliphatic carbocycles. The van der Waals surface area contributed by atoms with Crippen LogP contribution in [0.15, 0.2) is 66.7 Å². The maximum absolute atomic E-state index is 9.99. The molecule has 0 aliphatic heterocycles. The van der Waals surface area contributed by atoms with Gasteiger partial charge in [0, 0.05) is 5.56 Å². The Hall–Kier alpha value is -2.74. The zero-order valence-corrected chi connectivity index (χ0v) is 11.7. The molecule has 2 heteroatoms. The summed E-state index contributed by atoms with van der Waals surface area (Å²) in [5.74, 6) is 0.317. The molecule has 0 saturated heterocycles. The van der Waals surface area contributed by atoms with E-state index in [4.69, 9.17) is 0 Å². The minimum Gasteiger partial charge on any atom is -0.508 e. The fraction of sp³-hybridized carbons (Fsp3) is 0.0526. The van der Waals surface area contributed by atoms with Gasteiger partial charge in [0.05, 0.1) is 0 Å². The van der Waals surface area contributed by atoms with E-state index >= 15 is 0 Å². The Labute approximate surface area is 123 Å². The molecule has 0 saturated carbocycles. The highest BCUT2D eigenvalue weighted by Gasteiger charge is 2.09. The molecular formula is C19H16O2. The van der Waals surface area contributed by atoms with Gasteiger partial charge in [-0.2, -0.15) is 0 Å². The van der Waals surface area contributed by atoms with E-state index < -0.39 is 0 Å². The molecule has 2 N–H and O–H groups in total. The molecule has 3 rings (SSSR count). The molecule has 0 amide bonds. The van der Waals surface area contributed by atoms with Gasteiger partial charge in [-0.05, 0) is 47.4 Å². The summed E-state index contributed by atoms with van der Waals surface area (Å²) in [6.45, 7) is 2.01. The summed E-state index contributed by atoms with van der Waals surface area (Å²) in [4.78, 5) is 0. The van der Waals surface area contributed by atoms with Crippen LogP contribution < -0.4 is 0 Å². The number of phenols is 2. The normalized spacial score (nSPS) is 10.5. The highest BCUT2D eigenvalue weighted by atomic mass is 16.3. The maximum atomic E-state index is 9.99. The van der Waals surface area contributed by atoms with Crippen molar-refractivity contribution >= 4 is 0 Å². The largest absolute Gasteiger partial charge is 0.508 e. The molecule has 0 aliphatic rings. The SMILES string of the molecule is Cc1cc(-c2ccccc2)ccc1-c1cc(O)ccc1O. The predicted molar refractivity (Wildman–Crippen MR) is 85.4 cm³/mol. The first-order valence-corrected chi connectivity index (χ1v) is 6.83. The van der Waals surface area contributed by atoms with Gasteiger partial charge in [0.2, 0.25) is 0 Å². The van der Waals surface area contributed by atoms with Crippen LogP contribution >= 0.6 is 0 Å². The second-order valence-corrected chi connectivity index (χ2v) is 5.10. The Morgan fingerprint density at radius 1 is 0.667 bits per heavy atom. The molecule has 0 fully saturated rings. The standard InChI is InChI=1S/C19H16O2/c1-13-11-15(14-5-3-2-4-6-14)7-9-17(13)18-12-16(20)8-10-19(18)21/h2-12,20-21H,1H3. The molecule has 104 valence electrons. The fourth-order valence-corrected chi connectivity index (χ4v) is 2.52. The van der Waals surface area contributed by atoms with Gasteiger partial charge in [0.25, 0.3) is 0 Å². The maximum Gasteiger partial charge on any atom is 0.123 e. The zero-order chi connectivity index (χ0) is 14.8. The number of benzene rings is 3. The summed E-state index contributed by atoms with van der Waals surface area (Å²) in [5.41, 5.74) is 4.91. The number of phenolic OH excluding ortho intramolecular Hbond substituents is 2. The van der Waals surface area contributed by atoms with Crippen molar-refractivity contribution in [1.82, 2.24) is 0 Å². The summed E-state index contributed by atoms with van der Waals surface area (Å²) < 4.78 is 0. The predicted octanol–water partition coefficient (Wildman–Crippen LogP) is 4.74. The summed E-state index contributed by atoms with van der Waals surface area (Å²) >= 11 is 0. The lowest BCUT2D eigenvalue weighted by atomic mass is 9.95. The van der Waals surface area contributed by atoms with E-state index in [-0.39, 0.29) is 11.5 Å². The number of aryl methyl sites for hydroxylation is 1. The summed E-state index contributed by atoms with van der Waals surface area (Å²) in [5, 5.41) is 19.6. The smallest absolute Gasteiger partial charge is 0.123 e. The quantitative estimate of drug-likeness (QED) is 0.664. The van der Waals surface area contributed by atoms with Crippen molar-refractivity contribution in [3.05, 3.63) is 72.3 Å². The highest BCUT2D eigenvalue weighted by molar-refractivity contribution is 5.77. The second kappa shape index (κ2) is 5.33. The Morgan fingerprint density at radius 2 is 1.43 bits per heavy atom. The van der Waals surface area contributed by atoms with Crippen LogP contribution in [-0.2, 0) is 0 Å². The monoisotopic (exact) mass is 276 g/mol. The average Bonchev–Trinajstić information content (AvgIpc) is 2.51. The van der Waals surface area contributed by atoms with Crippen LogP contribution in [0.5, 0.6) is 11.5 Å². The molecule has 0 bridgehead atoms. The Balaban J connectivity index is 2.08. The van der Waals surface area contributed by atoms with Crippen LogP contribution in [-0.4, -0.2) is 10.2 Å². The van der Waals surface area contributed by atoms with Crippen LogP contribution in [0.25, 0.3) is 22.3 Å². The number of aromatic hydroxyl groups is 2. The third kappa shape index (κ3) is 2.61. The van der Waals surface area contributed by atoms with Crippen LogP contribution in [0.4, 0.5) is 0 Å². The highest BCUT2D eigenvalue weighted by Crippen LogP contribution is 2.35. The summed E-state index contributed by atoms with van der Waals surface area (Å²) in [6.07, 6.45) is 0. The Kier molecular flexibility index (Phi) is 3.36. The van der Waals surface area contributed by atoms with Gasteiger partial charge in [0.15, 0.2) is 0 Å². The van der Waals surface area contributed by atoms with Gasteiger partial charge in [-0.1, -0.05) is 48.5 Å². The lowest BCUT2D eigenvalue weighted by Crippen LogP contribution is -1.86. The third-order valence-electron chi connectivity index (χ3n) is 3.60. The van der Waals surface area contributed by atoms with E-state index in [1.54, 1.807) is 6.07 Å². The molecule has 0 heterocycles. The first kappa shape index (κ1) is 13.3. The minimum atomic E-state index is 0.148. The molecule has 21 heavy (non-hydrogen) atoms. The molecule has 0 spiro atoms. The van der Waals surface area contributed by atoms with Gasteiger partial charge in [-0.3, -0.25) is 0 Å². The first-order chi connectivity index (χ1) is 10.1. The molecule has 2 nitrogen and oxygen atoms in total. The second-order valence-electron chi connectivity index (χ2n) is 5.10. The summed E-state index contributed by atoms with van der Waals surface area (Å²) in [6, 6.07) is 20.8. The van der Waals surface area contributed by atoms with Gasteiger partial charge < -0.3 is 10.2 Å². The number of rotatable bonds is 2. The average molecular weight is 276 g/mol. The van der Waals surface area contributed by atoms with Gasteiger partial charge in [-0.25, -0.2) is 0 Å². The van der Waals surface area contributed by atoms with E-state index in [1.165, 1.54) is 12.1 Å². The van der Waals surface area contributed by atoms with Gasteiger partial charge >= 0.3 is 0 Å². The fourth-order valence-electron chi connectivity index (χ4n) is 2.52. The van der Waals surface area contributed by atoms with Gasteiger partial charge in [0.1, 0.15) is 11.5 Å². The van der Waals surface area contributed by atoms with Crippen molar-refractivity contribution in [2.24, 2.45) is 0 Å². The van der Waals surface area contributed by atoms with E-state index in [0.29, 0.717) is 5.56 Å². The van der Waals surface area contributed by atoms with Crippen molar-refractivity contribution < 1.29 is 10.2 Å². The van der Waals surface area contributed by atoms with Crippen LogP contribution in [0.1, 0.15) is 5.56 Å². The van der Waals surface area contributed by atoms with Crippen LogP contribution in [0.3, 0.4) is 0 Å². The molecule has 0 atom stereocenters. The number of hydrogen-bond donors (Lipinski definition) is 2. The molecule has 3 aromatic rings. The number of hydrogen-bond acceptors (Lipinski definition) is 2. The lowest BCUT2D eigenvalue weighted by molar-refractivity contribution is 0.462. The van der Waals surface area contributed by atoms with Crippen molar-refractivity contribution in [1.29, 1.82) is 0 Å². The van der Waals surface area contributed by atoms with Crippen molar-refractivity contribution in [2.75, 3.05) is 0 Å². The summed E-state index contributed by atoms with van der Waals surface area (Å²) in [7, 11) is 0. The van der Waals surface area contributed by atoms with Crippen LogP contribution in [0.2, 0.25) is 0 Å². The molecule has 0 aromatic heterocycles. The zero-order valence-electron chi connectivity index (χ0n) is 11.7. The van der Waals surface area contributed by atoms with E-state index in [2.05, 4.69) is 18.2 Å². The van der Waals surface area contributed by atoms with Crippen LogP contribution in [0, 0.1) is 6.92 Å². The third-order valence-corrected chi connectivity index (χ3v) is 3.60. The molecule has 0 radical (unpaired) electrons. The first-order valence-electron chi connectivity index (χ1n) is 6.83. The van der Waals surface area contributed by atoms with E-state index in [9.17, 15) is 10.2 Å². The Bertz CT molecular complexity index is 777. The van der Waals surface area contributed by atoms with E-state index in [0.717, 1.165) is 22.3 Å².